The highest BCUT2D eigenvalue weighted by molar-refractivity contribution is 6.00. The van der Waals surface area contributed by atoms with Crippen LogP contribution >= 0.6 is 0 Å². The SMILES string of the molecule is CNc1cc(Nc2cccn(C)c2=O)nc2c(C(=O)N[C@@H]3CC[C@@H](OC)C3)cnn12. The highest BCUT2D eigenvalue weighted by Gasteiger charge is 2.27. The number of carbonyl (C=O) groups is 1. The predicted octanol–water partition coefficient (Wildman–Crippen LogP) is 1.51. The van der Waals surface area contributed by atoms with E-state index in [1.807, 2.05) is 0 Å². The van der Waals surface area contributed by atoms with Crippen LogP contribution in [0.15, 0.2) is 35.4 Å². The van der Waals surface area contributed by atoms with Crippen molar-refractivity contribution in [1.82, 2.24) is 24.5 Å². The van der Waals surface area contributed by atoms with Gasteiger partial charge in [-0.2, -0.15) is 9.61 Å². The van der Waals surface area contributed by atoms with Crippen LogP contribution in [-0.4, -0.2) is 51.4 Å². The van der Waals surface area contributed by atoms with Crippen molar-refractivity contribution in [3.63, 3.8) is 0 Å². The topological polar surface area (TPSA) is 115 Å². The minimum atomic E-state index is -0.228. The van der Waals surface area contributed by atoms with E-state index in [0.717, 1.165) is 19.3 Å². The molecule has 1 fully saturated rings. The number of nitrogens with zero attached hydrogens (tertiary/aromatic N) is 4. The molecule has 1 aliphatic carbocycles. The lowest BCUT2D eigenvalue weighted by atomic mass is 10.2. The summed E-state index contributed by atoms with van der Waals surface area (Å²) in [6.07, 6.45) is 5.96. The molecule has 3 N–H and O–H groups in total. The Labute approximate surface area is 173 Å². The minimum Gasteiger partial charge on any atom is -0.381 e. The van der Waals surface area contributed by atoms with Gasteiger partial charge in [0.05, 0.1) is 12.3 Å². The van der Waals surface area contributed by atoms with E-state index in [4.69, 9.17) is 4.74 Å². The molecular weight excluding hydrogens is 386 g/mol. The molecule has 0 bridgehead atoms. The van der Waals surface area contributed by atoms with Gasteiger partial charge in [0.2, 0.25) is 0 Å². The predicted molar refractivity (Wildman–Crippen MR) is 113 cm³/mol. The highest BCUT2D eigenvalue weighted by atomic mass is 16.5. The van der Waals surface area contributed by atoms with Crippen LogP contribution in [0.2, 0.25) is 0 Å². The third kappa shape index (κ3) is 3.73. The van der Waals surface area contributed by atoms with Crippen LogP contribution in [0.4, 0.5) is 17.3 Å². The second-order valence-corrected chi connectivity index (χ2v) is 7.37. The maximum Gasteiger partial charge on any atom is 0.274 e. The largest absolute Gasteiger partial charge is 0.381 e. The van der Waals surface area contributed by atoms with Crippen molar-refractivity contribution >= 4 is 28.9 Å². The smallest absolute Gasteiger partial charge is 0.274 e. The molecule has 3 aromatic rings. The summed E-state index contributed by atoms with van der Waals surface area (Å²) in [6.45, 7) is 0. The fraction of sp³-hybridized carbons (Fsp3) is 0.400. The first-order chi connectivity index (χ1) is 14.5. The molecule has 1 aliphatic rings. The number of anilines is 3. The molecule has 1 amide bonds. The zero-order valence-electron chi connectivity index (χ0n) is 17.2. The van der Waals surface area contributed by atoms with Gasteiger partial charge in [-0.25, -0.2) is 4.98 Å². The van der Waals surface area contributed by atoms with Crippen molar-refractivity contribution in [3.8, 4) is 0 Å². The average molecular weight is 411 g/mol. The van der Waals surface area contributed by atoms with Crippen LogP contribution in [0.25, 0.3) is 5.65 Å². The van der Waals surface area contributed by atoms with Crippen LogP contribution in [0.5, 0.6) is 0 Å². The van der Waals surface area contributed by atoms with E-state index in [1.165, 1.54) is 10.8 Å². The number of fused-ring (bicyclic) bond motifs is 1. The van der Waals surface area contributed by atoms with Crippen LogP contribution in [0.1, 0.15) is 29.6 Å². The quantitative estimate of drug-likeness (QED) is 0.563. The summed E-state index contributed by atoms with van der Waals surface area (Å²) in [5.41, 5.74) is 0.986. The Morgan fingerprint density at radius 1 is 1.33 bits per heavy atom. The first kappa shape index (κ1) is 19.9. The molecule has 158 valence electrons. The minimum absolute atomic E-state index is 0.0646. The zero-order chi connectivity index (χ0) is 21.3. The standard InChI is InChI=1S/C20H25N7O3/c1-21-17-10-16(24-15-5-4-8-26(2)20(15)29)25-18-14(11-22-27(17)18)19(28)23-12-6-7-13(9-12)30-3/h4-5,8,10-13,21H,6-7,9H2,1-3H3,(H,23,28)(H,24,25)/t12-,13-/m1/s1. The van der Waals surface area contributed by atoms with Gasteiger partial charge in [-0.3, -0.25) is 9.59 Å². The lowest BCUT2D eigenvalue weighted by Gasteiger charge is -2.13. The van der Waals surface area contributed by atoms with Crippen LogP contribution in [-0.2, 0) is 11.8 Å². The molecule has 0 aromatic carbocycles. The van der Waals surface area contributed by atoms with Gasteiger partial charge in [0, 0.05) is 39.5 Å². The Hall–Kier alpha value is -3.40. The van der Waals surface area contributed by atoms with Gasteiger partial charge >= 0.3 is 0 Å². The second-order valence-electron chi connectivity index (χ2n) is 7.37. The number of aryl methyl sites for hydroxylation is 1. The van der Waals surface area contributed by atoms with E-state index < -0.39 is 0 Å². The molecule has 10 nitrogen and oxygen atoms in total. The first-order valence-corrected chi connectivity index (χ1v) is 9.83. The Bertz CT molecular complexity index is 1140. The normalized spacial score (nSPS) is 18.5. The number of nitrogens with one attached hydrogen (secondary N) is 3. The van der Waals surface area contributed by atoms with Crippen molar-refractivity contribution in [2.45, 2.75) is 31.4 Å². The Kier molecular flexibility index (Phi) is 5.40. The number of rotatable bonds is 6. The Morgan fingerprint density at radius 3 is 2.90 bits per heavy atom. The van der Waals surface area contributed by atoms with E-state index in [2.05, 4.69) is 26.0 Å². The van der Waals surface area contributed by atoms with E-state index >= 15 is 0 Å². The Morgan fingerprint density at radius 2 is 2.17 bits per heavy atom. The van der Waals surface area contributed by atoms with E-state index in [0.29, 0.717) is 28.5 Å². The van der Waals surface area contributed by atoms with Gasteiger partial charge in [-0.1, -0.05) is 0 Å². The molecule has 0 spiro atoms. The maximum atomic E-state index is 12.9. The molecular formula is C20H25N7O3. The summed E-state index contributed by atoms with van der Waals surface area (Å²) < 4.78 is 8.42. The lowest BCUT2D eigenvalue weighted by Crippen LogP contribution is -2.33. The molecule has 4 rings (SSSR count). The number of pyridine rings is 1. The highest BCUT2D eigenvalue weighted by Crippen LogP contribution is 2.23. The molecule has 0 unspecified atom stereocenters. The number of hydrogen-bond acceptors (Lipinski definition) is 7. The number of hydrogen-bond donors (Lipinski definition) is 3. The maximum absolute atomic E-state index is 12.9. The van der Waals surface area contributed by atoms with Gasteiger partial charge in [0.15, 0.2) is 5.65 Å². The summed E-state index contributed by atoms with van der Waals surface area (Å²) in [5.74, 6) is 0.841. The molecule has 1 saturated carbocycles. The van der Waals surface area contributed by atoms with Crippen molar-refractivity contribution in [1.29, 1.82) is 0 Å². The number of aromatic nitrogens is 4. The van der Waals surface area contributed by atoms with Gasteiger partial charge in [0.25, 0.3) is 11.5 Å². The van der Waals surface area contributed by atoms with Crippen LogP contribution in [0.3, 0.4) is 0 Å². The van der Waals surface area contributed by atoms with E-state index in [9.17, 15) is 9.59 Å². The second kappa shape index (κ2) is 8.15. The molecule has 0 radical (unpaired) electrons. The lowest BCUT2D eigenvalue weighted by molar-refractivity contribution is 0.0916. The van der Waals surface area contributed by atoms with Gasteiger partial charge in [0.1, 0.15) is 22.9 Å². The zero-order valence-corrected chi connectivity index (χ0v) is 17.2. The fourth-order valence-corrected chi connectivity index (χ4v) is 3.74. The fourth-order valence-electron chi connectivity index (χ4n) is 3.74. The van der Waals surface area contributed by atoms with Gasteiger partial charge in [-0.15, -0.1) is 0 Å². The molecule has 0 saturated heterocycles. The van der Waals surface area contributed by atoms with Crippen LogP contribution in [0, 0.1) is 0 Å². The number of methoxy groups -OCH3 is 1. The molecule has 0 aliphatic heterocycles. The summed E-state index contributed by atoms with van der Waals surface area (Å²) in [6, 6.07) is 5.25. The monoisotopic (exact) mass is 411 g/mol. The average Bonchev–Trinajstić information content (AvgIpc) is 3.37. The Balaban J connectivity index is 1.65. The van der Waals surface area contributed by atoms with Crippen LogP contribution < -0.4 is 21.5 Å². The molecule has 2 atom stereocenters. The molecule has 10 heteroatoms. The number of ether oxygens (including phenoxy) is 1. The first-order valence-electron chi connectivity index (χ1n) is 9.83. The van der Waals surface area contributed by atoms with Crippen molar-refractivity contribution in [2.75, 3.05) is 24.8 Å². The number of amides is 1. The molecule has 30 heavy (non-hydrogen) atoms. The summed E-state index contributed by atoms with van der Waals surface area (Å²) in [7, 11) is 5.13. The molecule has 3 aromatic heterocycles. The summed E-state index contributed by atoms with van der Waals surface area (Å²) >= 11 is 0. The van der Waals surface area contributed by atoms with E-state index in [1.54, 1.807) is 50.1 Å². The van der Waals surface area contributed by atoms with Crippen molar-refractivity contribution in [3.05, 3.63) is 46.5 Å². The van der Waals surface area contributed by atoms with Crippen molar-refractivity contribution < 1.29 is 9.53 Å². The number of carbonyl (C=O) groups excluding carboxylic acids is 1. The van der Waals surface area contributed by atoms with Crippen molar-refractivity contribution in [2.24, 2.45) is 7.05 Å². The summed E-state index contributed by atoms with van der Waals surface area (Å²) in [5, 5.41) is 13.5. The summed E-state index contributed by atoms with van der Waals surface area (Å²) in [4.78, 5) is 29.8. The van der Waals surface area contributed by atoms with Gasteiger partial charge < -0.3 is 25.3 Å². The molecule has 3 heterocycles. The third-order valence-electron chi connectivity index (χ3n) is 5.41. The third-order valence-corrected chi connectivity index (χ3v) is 5.41. The van der Waals surface area contributed by atoms with E-state index in [-0.39, 0.29) is 23.6 Å². The van der Waals surface area contributed by atoms with Gasteiger partial charge in [-0.05, 0) is 31.4 Å².